The summed E-state index contributed by atoms with van der Waals surface area (Å²) >= 11 is 0. The highest BCUT2D eigenvalue weighted by Gasteiger charge is 2.30. The van der Waals surface area contributed by atoms with Gasteiger partial charge in [-0.05, 0) is 47.9 Å². The molecule has 6 heteroatoms. The maximum atomic E-state index is 12.8. The van der Waals surface area contributed by atoms with E-state index in [1.54, 1.807) is 6.07 Å². The highest BCUT2D eigenvalue weighted by Crippen LogP contribution is 2.35. The molecule has 3 nitrogen and oxygen atoms in total. The largest absolute Gasteiger partial charge is 0.416 e. The second-order valence-electron chi connectivity index (χ2n) is 6.67. The lowest BCUT2D eigenvalue weighted by molar-refractivity contribution is -0.177. The van der Waals surface area contributed by atoms with E-state index in [2.05, 4.69) is 24.4 Å². The molecule has 29 heavy (non-hydrogen) atoms. The molecule has 1 N–H and O–H groups in total. The van der Waals surface area contributed by atoms with Crippen LogP contribution in [-0.4, -0.2) is 7.11 Å². The number of rotatable bonds is 7. The van der Waals surface area contributed by atoms with Gasteiger partial charge in [0.25, 0.3) is 0 Å². The zero-order valence-corrected chi connectivity index (χ0v) is 16.2. The van der Waals surface area contributed by atoms with Gasteiger partial charge in [0.15, 0.2) is 5.75 Å². The number of hydrogen-bond donors (Lipinski definition) is 1. The Hall–Kier alpha value is -2.83. The highest BCUT2D eigenvalue weighted by atomic mass is 19.4. The van der Waals surface area contributed by atoms with E-state index in [9.17, 15) is 13.2 Å². The van der Waals surface area contributed by atoms with Gasteiger partial charge in [-0.15, -0.1) is 0 Å². The standard InChI is InChI=1S/C23H22F3NO2/c1-16(18-6-4-3-5-7-18)27-15-17-8-13-22(29-28-2)21(14-17)19-9-11-20(12-10-19)23(24,25)26/h3-14,16,27H,15H2,1-2H3. The van der Waals surface area contributed by atoms with Crippen LogP contribution < -0.4 is 10.2 Å². The van der Waals surface area contributed by atoms with Crippen LogP contribution in [0.4, 0.5) is 13.2 Å². The second kappa shape index (κ2) is 9.11. The fraction of sp³-hybridized carbons (Fsp3) is 0.217. The minimum absolute atomic E-state index is 0.153. The zero-order valence-electron chi connectivity index (χ0n) is 16.2. The van der Waals surface area contributed by atoms with Gasteiger partial charge in [0, 0.05) is 18.2 Å². The van der Waals surface area contributed by atoms with Crippen LogP contribution in [0.2, 0.25) is 0 Å². The number of hydrogen-bond acceptors (Lipinski definition) is 3. The fourth-order valence-corrected chi connectivity index (χ4v) is 3.04. The van der Waals surface area contributed by atoms with Crippen molar-refractivity contribution < 1.29 is 22.9 Å². The smallest absolute Gasteiger partial charge is 0.337 e. The molecule has 0 aromatic heterocycles. The number of benzene rings is 3. The quantitative estimate of drug-likeness (QED) is 0.380. The molecular formula is C23H22F3NO2. The first-order valence-electron chi connectivity index (χ1n) is 9.18. The molecule has 3 rings (SSSR count). The van der Waals surface area contributed by atoms with E-state index in [-0.39, 0.29) is 6.04 Å². The Bertz CT molecular complexity index is 925. The molecule has 0 saturated carbocycles. The van der Waals surface area contributed by atoms with Crippen molar-refractivity contribution in [2.24, 2.45) is 0 Å². The molecule has 152 valence electrons. The summed E-state index contributed by atoms with van der Waals surface area (Å²) in [6.45, 7) is 2.67. The van der Waals surface area contributed by atoms with Gasteiger partial charge < -0.3 is 10.2 Å². The molecule has 0 saturated heterocycles. The van der Waals surface area contributed by atoms with E-state index in [0.29, 0.717) is 23.4 Å². The Morgan fingerprint density at radius 2 is 1.62 bits per heavy atom. The topological polar surface area (TPSA) is 30.5 Å². The predicted molar refractivity (Wildman–Crippen MR) is 106 cm³/mol. The lowest BCUT2D eigenvalue weighted by Gasteiger charge is -2.16. The minimum atomic E-state index is -4.37. The summed E-state index contributed by atoms with van der Waals surface area (Å²) in [4.78, 5) is 9.96. The van der Waals surface area contributed by atoms with Gasteiger partial charge in [-0.25, -0.2) is 0 Å². The van der Waals surface area contributed by atoms with E-state index in [4.69, 9.17) is 9.78 Å². The molecule has 0 aliphatic carbocycles. The number of nitrogens with one attached hydrogen (secondary N) is 1. The van der Waals surface area contributed by atoms with Gasteiger partial charge >= 0.3 is 6.18 Å². The molecule has 0 aliphatic heterocycles. The fourth-order valence-electron chi connectivity index (χ4n) is 3.04. The summed E-state index contributed by atoms with van der Waals surface area (Å²) in [5.41, 5.74) is 2.74. The Balaban J connectivity index is 1.82. The van der Waals surface area contributed by atoms with E-state index in [1.807, 2.05) is 30.3 Å². The molecule has 0 radical (unpaired) electrons. The highest BCUT2D eigenvalue weighted by molar-refractivity contribution is 5.71. The van der Waals surface area contributed by atoms with Gasteiger partial charge in [-0.2, -0.15) is 18.1 Å². The van der Waals surface area contributed by atoms with Crippen molar-refractivity contribution in [2.75, 3.05) is 7.11 Å². The first-order valence-corrected chi connectivity index (χ1v) is 9.18. The summed E-state index contributed by atoms with van der Waals surface area (Å²) in [6, 6.07) is 20.8. The van der Waals surface area contributed by atoms with Crippen molar-refractivity contribution in [1.29, 1.82) is 0 Å². The van der Waals surface area contributed by atoms with Crippen LogP contribution in [0.15, 0.2) is 72.8 Å². The Labute approximate surface area is 168 Å². The first kappa shape index (κ1) is 20.9. The molecular weight excluding hydrogens is 379 g/mol. The minimum Gasteiger partial charge on any atom is -0.337 e. The van der Waals surface area contributed by atoms with Crippen molar-refractivity contribution in [3.05, 3.63) is 89.5 Å². The molecule has 3 aromatic carbocycles. The summed E-state index contributed by atoms with van der Waals surface area (Å²) in [5, 5.41) is 3.45. The summed E-state index contributed by atoms with van der Waals surface area (Å²) < 4.78 is 38.5. The van der Waals surface area contributed by atoms with Gasteiger partial charge in [0.2, 0.25) is 0 Å². The first-order chi connectivity index (χ1) is 13.9. The van der Waals surface area contributed by atoms with Gasteiger partial charge in [0.1, 0.15) is 0 Å². The molecule has 0 amide bonds. The third-order valence-electron chi connectivity index (χ3n) is 4.65. The molecule has 0 heterocycles. The number of halogens is 3. The monoisotopic (exact) mass is 401 g/mol. The molecule has 1 atom stereocenters. The summed E-state index contributed by atoms with van der Waals surface area (Å²) in [5.74, 6) is 0.437. The third-order valence-corrected chi connectivity index (χ3v) is 4.65. The van der Waals surface area contributed by atoms with Gasteiger partial charge in [-0.1, -0.05) is 48.5 Å². The normalized spacial score (nSPS) is 12.6. The van der Waals surface area contributed by atoms with Gasteiger partial charge in [0.05, 0.1) is 12.7 Å². The van der Waals surface area contributed by atoms with Crippen LogP contribution in [-0.2, 0) is 17.6 Å². The number of alkyl halides is 3. The van der Waals surface area contributed by atoms with Crippen LogP contribution in [0.25, 0.3) is 11.1 Å². The molecule has 0 spiro atoms. The van der Waals surface area contributed by atoms with Crippen LogP contribution in [0.1, 0.15) is 29.7 Å². The van der Waals surface area contributed by atoms with Crippen molar-refractivity contribution in [2.45, 2.75) is 25.7 Å². The van der Waals surface area contributed by atoms with Gasteiger partial charge in [-0.3, -0.25) is 0 Å². The maximum absolute atomic E-state index is 12.8. The lowest BCUT2D eigenvalue weighted by Crippen LogP contribution is -2.18. The van der Waals surface area contributed by atoms with Crippen LogP contribution >= 0.6 is 0 Å². The molecule has 0 bridgehead atoms. The second-order valence-corrected chi connectivity index (χ2v) is 6.67. The van der Waals surface area contributed by atoms with Crippen LogP contribution in [0.5, 0.6) is 5.75 Å². The summed E-state index contributed by atoms with van der Waals surface area (Å²) in [7, 11) is 1.38. The van der Waals surface area contributed by atoms with E-state index < -0.39 is 11.7 Å². The molecule has 0 fully saturated rings. The summed E-state index contributed by atoms with van der Waals surface area (Å²) in [6.07, 6.45) is -4.37. The lowest BCUT2D eigenvalue weighted by atomic mass is 10.00. The average Bonchev–Trinajstić information content (AvgIpc) is 2.73. The van der Waals surface area contributed by atoms with Crippen molar-refractivity contribution in [3.63, 3.8) is 0 Å². The average molecular weight is 401 g/mol. The zero-order chi connectivity index (χ0) is 20.9. The predicted octanol–water partition coefficient (Wildman–Crippen LogP) is 6.16. The Kier molecular flexibility index (Phi) is 6.56. The van der Waals surface area contributed by atoms with E-state index in [0.717, 1.165) is 17.7 Å². The van der Waals surface area contributed by atoms with E-state index >= 15 is 0 Å². The Morgan fingerprint density at radius 1 is 0.931 bits per heavy atom. The van der Waals surface area contributed by atoms with Crippen molar-refractivity contribution in [1.82, 2.24) is 5.32 Å². The van der Waals surface area contributed by atoms with Crippen molar-refractivity contribution in [3.8, 4) is 16.9 Å². The molecule has 3 aromatic rings. The SMILES string of the molecule is COOc1ccc(CNC(C)c2ccccc2)cc1-c1ccc(C(F)(F)F)cc1. The van der Waals surface area contributed by atoms with Crippen LogP contribution in [0.3, 0.4) is 0 Å². The van der Waals surface area contributed by atoms with Crippen LogP contribution in [0, 0.1) is 0 Å². The molecule has 1 unspecified atom stereocenters. The third kappa shape index (κ3) is 5.37. The van der Waals surface area contributed by atoms with E-state index in [1.165, 1.54) is 24.8 Å². The Morgan fingerprint density at radius 3 is 2.24 bits per heavy atom. The maximum Gasteiger partial charge on any atom is 0.416 e. The molecule has 0 aliphatic rings. The van der Waals surface area contributed by atoms with Crippen molar-refractivity contribution >= 4 is 0 Å².